The number of benzene rings is 2. The van der Waals surface area contributed by atoms with Crippen molar-refractivity contribution >= 4 is 23.0 Å². The molecule has 0 unspecified atom stereocenters. The lowest BCUT2D eigenvalue weighted by Gasteiger charge is -2.08. The Morgan fingerprint density at radius 3 is 2.31 bits per heavy atom. The van der Waals surface area contributed by atoms with Crippen molar-refractivity contribution in [3.05, 3.63) is 47.5 Å². The number of nitrogens with two attached hydrogens (primary N) is 2. The zero-order valence-corrected chi connectivity index (χ0v) is 9.24. The molecular weight excluding hydrogens is 224 g/mol. The Balaban J connectivity index is 2.26. The van der Waals surface area contributed by atoms with Gasteiger partial charge in [-0.05, 0) is 36.4 Å². The van der Waals surface area contributed by atoms with E-state index < -0.39 is 0 Å². The van der Waals surface area contributed by atoms with Crippen molar-refractivity contribution in [2.75, 3.05) is 11.5 Å². The molecule has 3 nitrogen and oxygen atoms in total. The molecule has 0 aliphatic carbocycles. The first-order valence-electron chi connectivity index (χ1n) is 4.73. The summed E-state index contributed by atoms with van der Waals surface area (Å²) in [6, 6.07) is 12.2. The molecule has 0 spiro atoms. The van der Waals surface area contributed by atoms with Crippen molar-refractivity contribution in [2.45, 2.75) is 0 Å². The molecule has 0 aromatic heterocycles. The molecule has 0 amide bonds. The standard InChI is InChI=1S/C12H11ClN2O/c13-8-1-6-11(15)12(7-8)16-10-4-2-9(14)3-5-10/h1-7H,14-15H2. The van der Waals surface area contributed by atoms with Gasteiger partial charge in [-0.2, -0.15) is 0 Å². The number of ether oxygens (including phenoxy) is 1. The summed E-state index contributed by atoms with van der Waals surface area (Å²) in [6.07, 6.45) is 0. The van der Waals surface area contributed by atoms with Gasteiger partial charge in [0.15, 0.2) is 5.75 Å². The van der Waals surface area contributed by atoms with Gasteiger partial charge in [0.05, 0.1) is 5.69 Å². The van der Waals surface area contributed by atoms with Crippen LogP contribution in [0.3, 0.4) is 0 Å². The van der Waals surface area contributed by atoms with Gasteiger partial charge in [-0.1, -0.05) is 11.6 Å². The highest BCUT2D eigenvalue weighted by molar-refractivity contribution is 6.30. The molecule has 16 heavy (non-hydrogen) atoms. The van der Waals surface area contributed by atoms with Crippen molar-refractivity contribution in [1.82, 2.24) is 0 Å². The quantitative estimate of drug-likeness (QED) is 0.784. The average Bonchev–Trinajstić information content (AvgIpc) is 2.27. The van der Waals surface area contributed by atoms with E-state index in [4.69, 9.17) is 27.8 Å². The third-order valence-corrected chi connectivity index (χ3v) is 2.32. The Kier molecular flexibility index (Phi) is 2.88. The summed E-state index contributed by atoms with van der Waals surface area (Å²) in [4.78, 5) is 0. The maximum atomic E-state index is 5.85. The van der Waals surface area contributed by atoms with Crippen molar-refractivity contribution in [3.63, 3.8) is 0 Å². The van der Waals surface area contributed by atoms with Crippen LogP contribution in [-0.4, -0.2) is 0 Å². The van der Waals surface area contributed by atoms with Crippen LogP contribution >= 0.6 is 11.6 Å². The number of halogens is 1. The van der Waals surface area contributed by atoms with E-state index >= 15 is 0 Å². The third kappa shape index (κ3) is 2.38. The number of anilines is 2. The molecule has 0 radical (unpaired) electrons. The molecule has 4 N–H and O–H groups in total. The van der Waals surface area contributed by atoms with Crippen LogP contribution in [-0.2, 0) is 0 Å². The monoisotopic (exact) mass is 234 g/mol. The van der Waals surface area contributed by atoms with Crippen LogP contribution in [0.1, 0.15) is 0 Å². The Morgan fingerprint density at radius 2 is 1.62 bits per heavy atom. The predicted molar refractivity (Wildman–Crippen MR) is 66.8 cm³/mol. The van der Waals surface area contributed by atoms with Crippen LogP contribution in [0.2, 0.25) is 5.02 Å². The van der Waals surface area contributed by atoms with Crippen molar-refractivity contribution in [3.8, 4) is 11.5 Å². The van der Waals surface area contributed by atoms with Crippen LogP contribution < -0.4 is 16.2 Å². The molecule has 0 saturated carbocycles. The molecule has 82 valence electrons. The fourth-order valence-corrected chi connectivity index (χ4v) is 1.42. The van der Waals surface area contributed by atoms with Gasteiger partial charge in [0.1, 0.15) is 5.75 Å². The van der Waals surface area contributed by atoms with E-state index in [9.17, 15) is 0 Å². The lowest BCUT2D eigenvalue weighted by molar-refractivity contribution is 0.485. The van der Waals surface area contributed by atoms with Gasteiger partial charge in [-0.25, -0.2) is 0 Å². The van der Waals surface area contributed by atoms with Crippen LogP contribution in [0.5, 0.6) is 11.5 Å². The minimum Gasteiger partial charge on any atom is -0.455 e. The number of hydrogen-bond acceptors (Lipinski definition) is 3. The first-order valence-corrected chi connectivity index (χ1v) is 5.11. The summed E-state index contributed by atoms with van der Waals surface area (Å²) in [5.41, 5.74) is 12.6. The second-order valence-electron chi connectivity index (χ2n) is 3.35. The molecule has 0 aliphatic rings. The highest BCUT2D eigenvalue weighted by Crippen LogP contribution is 2.30. The minimum absolute atomic E-state index is 0.539. The average molecular weight is 235 g/mol. The van der Waals surface area contributed by atoms with E-state index in [-0.39, 0.29) is 0 Å². The lowest BCUT2D eigenvalue weighted by atomic mass is 10.3. The molecule has 0 saturated heterocycles. The SMILES string of the molecule is Nc1ccc(Oc2cc(Cl)ccc2N)cc1. The van der Waals surface area contributed by atoms with Crippen LogP contribution in [0.15, 0.2) is 42.5 Å². The first-order chi connectivity index (χ1) is 7.65. The van der Waals surface area contributed by atoms with E-state index in [0.717, 1.165) is 0 Å². The fraction of sp³-hybridized carbons (Fsp3) is 0. The molecular formula is C12H11ClN2O. The van der Waals surface area contributed by atoms with Crippen molar-refractivity contribution < 1.29 is 4.74 Å². The highest BCUT2D eigenvalue weighted by atomic mass is 35.5. The van der Waals surface area contributed by atoms with Gasteiger partial charge >= 0.3 is 0 Å². The summed E-state index contributed by atoms with van der Waals surface area (Å²) in [5, 5.41) is 0.583. The lowest BCUT2D eigenvalue weighted by Crippen LogP contribution is -1.92. The molecule has 2 aromatic carbocycles. The third-order valence-electron chi connectivity index (χ3n) is 2.08. The summed E-state index contributed by atoms with van der Waals surface area (Å²) in [5.74, 6) is 1.21. The Labute approximate surface area is 98.6 Å². The van der Waals surface area contributed by atoms with Crippen LogP contribution in [0, 0.1) is 0 Å². The second kappa shape index (κ2) is 4.33. The number of nitrogen functional groups attached to an aromatic ring is 2. The molecule has 0 bridgehead atoms. The summed E-state index contributed by atoms with van der Waals surface area (Å²) in [6.45, 7) is 0. The normalized spacial score (nSPS) is 10.1. The molecule has 2 rings (SSSR count). The van der Waals surface area contributed by atoms with E-state index in [0.29, 0.717) is 27.9 Å². The molecule has 0 aliphatic heterocycles. The van der Waals surface area contributed by atoms with Gasteiger partial charge in [-0.15, -0.1) is 0 Å². The van der Waals surface area contributed by atoms with E-state index in [2.05, 4.69) is 0 Å². The highest BCUT2D eigenvalue weighted by Gasteiger charge is 2.02. The molecule has 0 fully saturated rings. The smallest absolute Gasteiger partial charge is 0.151 e. The maximum Gasteiger partial charge on any atom is 0.151 e. The minimum atomic E-state index is 0.539. The van der Waals surface area contributed by atoms with E-state index in [1.807, 2.05) is 0 Å². The first kappa shape index (κ1) is 10.6. The molecule has 0 heterocycles. The predicted octanol–water partition coefficient (Wildman–Crippen LogP) is 3.30. The van der Waals surface area contributed by atoms with E-state index in [1.165, 1.54) is 0 Å². The van der Waals surface area contributed by atoms with Gasteiger partial charge < -0.3 is 16.2 Å². The largest absolute Gasteiger partial charge is 0.455 e. The molecule has 2 aromatic rings. The fourth-order valence-electron chi connectivity index (χ4n) is 1.26. The Hall–Kier alpha value is -1.87. The van der Waals surface area contributed by atoms with Crippen molar-refractivity contribution in [2.24, 2.45) is 0 Å². The van der Waals surface area contributed by atoms with E-state index in [1.54, 1.807) is 42.5 Å². The Morgan fingerprint density at radius 1 is 0.938 bits per heavy atom. The van der Waals surface area contributed by atoms with Crippen molar-refractivity contribution in [1.29, 1.82) is 0 Å². The number of hydrogen-bond donors (Lipinski definition) is 2. The van der Waals surface area contributed by atoms with Crippen LogP contribution in [0.4, 0.5) is 11.4 Å². The Bertz CT molecular complexity index is 497. The topological polar surface area (TPSA) is 61.3 Å². The number of rotatable bonds is 2. The zero-order valence-electron chi connectivity index (χ0n) is 8.48. The van der Waals surface area contributed by atoms with Gasteiger partial charge in [0.2, 0.25) is 0 Å². The van der Waals surface area contributed by atoms with Gasteiger partial charge in [-0.3, -0.25) is 0 Å². The zero-order chi connectivity index (χ0) is 11.5. The summed E-state index contributed by atoms with van der Waals surface area (Å²) >= 11 is 5.85. The van der Waals surface area contributed by atoms with Crippen LogP contribution in [0.25, 0.3) is 0 Å². The summed E-state index contributed by atoms with van der Waals surface area (Å²) in [7, 11) is 0. The van der Waals surface area contributed by atoms with Gasteiger partial charge in [0.25, 0.3) is 0 Å². The maximum absolute atomic E-state index is 5.85. The summed E-state index contributed by atoms with van der Waals surface area (Å²) < 4.78 is 5.58. The second-order valence-corrected chi connectivity index (χ2v) is 3.79. The molecule has 4 heteroatoms. The van der Waals surface area contributed by atoms with Gasteiger partial charge in [0, 0.05) is 16.8 Å². The molecule has 0 atom stereocenters.